The molecule has 0 radical (unpaired) electrons. The lowest BCUT2D eigenvalue weighted by molar-refractivity contribution is -0.200. The van der Waals surface area contributed by atoms with Gasteiger partial charge in [-0.05, 0) is 13.8 Å². The van der Waals surface area contributed by atoms with Crippen LogP contribution in [0.2, 0.25) is 0 Å². The van der Waals surface area contributed by atoms with E-state index in [0.29, 0.717) is 0 Å². The molecule has 0 bridgehead atoms. The number of amides is 1. The Bertz CT molecular complexity index is 1130. The number of rotatable bonds is 5. The van der Waals surface area contributed by atoms with Crippen molar-refractivity contribution >= 4 is 28.7 Å². The van der Waals surface area contributed by atoms with Crippen molar-refractivity contribution in [2.75, 3.05) is 26.1 Å². The summed E-state index contributed by atoms with van der Waals surface area (Å²) in [4.78, 5) is 45.5. The second-order valence-electron chi connectivity index (χ2n) is 7.96. The molecule has 2 aliphatic heterocycles. The lowest BCUT2D eigenvalue weighted by atomic mass is 10.1. The Morgan fingerprint density at radius 1 is 1.22 bits per heavy atom. The topological polar surface area (TPSA) is 140 Å². The first-order valence-electron chi connectivity index (χ1n) is 9.92. The van der Waals surface area contributed by atoms with E-state index in [1.165, 1.54) is 31.1 Å². The van der Waals surface area contributed by atoms with Crippen molar-refractivity contribution in [3.63, 3.8) is 0 Å². The van der Waals surface area contributed by atoms with E-state index < -0.39 is 47.6 Å². The summed E-state index contributed by atoms with van der Waals surface area (Å²) in [5.74, 6) is -2.19. The van der Waals surface area contributed by atoms with Crippen molar-refractivity contribution in [1.82, 2.24) is 14.5 Å². The van der Waals surface area contributed by atoms with Gasteiger partial charge in [0.1, 0.15) is 41.4 Å². The number of ether oxygens (including phenoxy) is 5. The Hall–Kier alpha value is -2.93. The number of pyridine rings is 1. The molecular formula is C20H24N4O8. The molecule has 4 atom stereocenters. The van der Waals surface area contributed by atoms with Crippen LogP contribution < -0.4 is 10.7 Å². The number of nitrogens with zero attached hydrogens (tertiary/aromatic N) is 3. The van der Waals surface area contributed by atoms with Crippen LogP contribution in [0.15, 0.2) is 17.3 Å². The van der Waals surface area contributed by atoms with Crippen LogP contribution in [0.4, 0.5) is 5.82 Å². The molecule has 2 fully saturated rings. The fraction of sp³-hybridized carbons (Fsp3) is 0.550. The number of nitrogens with one attached hydrogen (secondary N) is 1. The quantitative estimate of drug-likeness (QED) is 0.647. The zero-order chi connectivity index (χ0) is 23.2. The third kappa shape index (κ3) is 3.75. The number of aromatic nitrogens is 3. The van der Waals surface area contributed by atoms with Gasteiger partial charge >= 0.3 is 5.97 Å². The Kier molecular flexibility index (Phi) is 5.71. The van der Waals surface area contributed by atoms with E-state index in [4.69, 9.17) is 23.7 Å². The lowest BCUT2D eigenvalue weighted by Gasteiger charge is -2.26. The number of anilines is 1. The van der Waals surface area contributed by atoms with Crippen LogP contribution in [0.3, 0.4) is 0 Å². The molecule has 4 rings (SSSR count). The summed E-state index contributed by atoms with van der Waals surface area (Å²) < 4.78 is 29.8. The highest BCUT2D eigenvalue weighted by atomic mass is 16.8. The summed E-state index contributed by atoms with van der Waals surface area (Å²) in [7, 11) is 2.71. The van der Waals surface area contributed by atoms with Gasteiger partial charge in [-0.15, -0.1) is 0 Å². The third-order valence-electron chi connectivity index (χ3n) is 5.24. The molecule has 172 valence electrons. The van der Waals surface area contributed by atoms with Gasteiger partial charge in [0.05, 0.1) is 13.7 Å². The first-order valence-corrected chi connectivity index (χ1v) is 9.92. The smallest absolute Gasteiger partial charge is 0.343 e. The average molecular weight is 448 g/mol. The highest BCUT2D eigenvalue weighted by Crippen LogP contribution is 2.43. The second kappa shape index (κ2) is 8.20. The molecule has 4 unspecified atom stereocenters. The highest BCUT2D eigenvalue weighted by Gasteiger charge is 2.56. The zero-order valence-corrected chi connectivity index (χ0v) is 18.3. The Labute approximate surface area is 182 Å². The Morgan fingerprint density at radius 2 is 1.94 bits per heavy atom. The van der Waals surface area contributed by atoms with Crippen LogP contribution in [-0.4, -0.2) is 71.3 Å². The summed E-state index contributed by atoms with van der Waals surface area (Å²) in [6.07, 6.45) is 0.199. The molecule has 0 aromatic carbocycles. The van der Waals surface area contributed by atoms with Crippen LogP contribution in [0.1, 0.15) is 37.4 Å². The number of fused-ring (bicyclic) bond motifs is 2. The highest BCUT2D eigenvalue weighted by molar-refractivity contribution is 6.00. The maximum absolute atomic E-state index is 13.1. The lowest BCUT2D eigenvalue weighted by Crippen LogP contribution is -2.32. The fourth-order valence-electron chi connectivity index (χ4n) is 4.07. The van der Waals surface area contributed by atoms with Crippen LogP contribution >= 0.6 is 0 Å². The molecule has 1 amide bonds. The molecule has 12 heteroatoms. The van der Waals surface area contributed by atoms with Gasteiger partial charge in [-0.25, -0.2) is 14.8 Å². The Morgan fingerprint density at radius 3 is 2.59 bits per heavy atom. The summed E-state index contributed by atoms with van der Waals surface area (Å²) >= 11 is 0. The van der Waals surface area contributed by atoms with E-state index in [-0.39, 0.29) is 29.0 Å². The van der Waals surface area contributed by atoms with Crippen molar-refractivity contribution in [3.05, 3.63) is 28.3 Å². The first-order chi connectivity index (χ1) is 15.2. The molecule has 2 saturated heterocycles. The molecule has 1 N–H and O–H groups in total. The predicted molar refractivity (Wildman–Crippen MR) is 109 cm³/mol. The van der Waals surface area contributed by atoms with Crippen molar-refractivity contribution in [2.45, 2.75) is 51.1 Å². The van der Waals surface area contributed by atoms with Gasteiger partial charge in [0.15, 0.2) is 17.7 Å². The normalized spacial score (nSPS) is 26.2. The minimum absolute atomic E-state index is 0.0288. The van der Waals surface area contributed by atoms with Gasteiger partial charge in [-0.2, -0.15) is 0 Å². The van der Waals surface area contributed by atoms with E-state index in [9.17, 15) is 14.4 Å². The molecule has 0 saturated carbocycles. The van der Waals surface area contributed by atoms with Gasteiger partial charge in [-0.1, -0.05) is 0 Å². The van der Waals surface area contributed by atoms with Gasteiger partial charge in [0.2, 0.25) is 11.3 Å². The van der Waals surface area contributed by atoms with Gasteiger partial charge in [-0.3, -0.25) is 9.59 Å². The average Bonchev–Trinajstić information content (AvgIpc) is 3.21. The molecule has 4 heterocycles. The molecule has 12 nitrogen and oxygen atoms in total. The maximum atomic E-state index is 13.1. The number of hydrogen-bond acceptors (Lipinski definition) is 10. The molecule has 0 spiro atoms. The van der Waals surface area contributed by atoms with E-state index in [0.717, 1.165) is 0 Å². The van der Waals surface area contributed by atoms with E-state index in [1.807, 2.05) is 0 Å². The van der Waals surface area contributed by atoms with Crippen molar-refractivity contribution in [3.8, 4) is 0 Å². The van der Waals surface area contributed by atoms with Gasteiger partial charge in [0, 0.05) is 20.2 Å². The second-order valence-corrected chi connectivity index (χ2v) is 7.96. The standard InChI is InChI=1S/C20H24N4O8/c1-9(25)23-16-12-13(26)10(19(27)29-5)6-24(17(12)22-8-21-16)18-15-14(11(30-18)7-28-4)31-20(2,3)32-15/h6,8,11,14-15,18H,7H2,1-5H3,(H,21,22,23,25). The van der Waals surface area contributed by atoms with Crippen molar-refractivity contribution in [1.29, 1.82) is 0 Å². The monoisotopic (exact) mass is 448 g/mol. The first kappa shape index (κ1) is 22.3. The molecular weight excluding hydrogens is 424 g/mol. The largest absolute Gasteiger partial charge is 0.465 e. The summed E-state index contributed by atoms with van der Waals surface area (Å²) in [6.45, 7) is 5.09. The molecule has 0 aliphatic carbocycles. The molecule has 2 aliphatic rings. The van der Waals surface area contributed by atoms with Gasteiger partial charge < -0.3 is 33.6 Å². The minimum Gasteiger partial charge on any atom is -0.465 e. The maximum Gasteiger partial charge on any atom is 0.343 e. The summed E-state index contributed by atoms with van der Waals surface area (Å²) in [6, 6.07) is 0. The molecule has 2 aromatic heterocycles. The van der Waals surface area contributed by atoms with Crippen LogP contribution in [-0.2, 0) is 28.5 Å². The SMILES string of the molecule is COCC1OC(n2cc(C(=O)OC)c(=O)c3c(NC(C)=O)ncnc32)C2OC(C)(C)OC12. The Balaban J connectivity index is 1.94. The summed E-state index contributed by atoms with van der Waals surface area (Å²) in [5.41, 5.74) is -0.800. The minimum atomic E-state index is -0.875. The van der Waals surface area contributed by atoms with Crippen molar-refractivity contribution in [2.24, 2.45) is 0 Å². The number of carbonyl (C=O) groups excluding carboxylic acids is 2. The van der Waals surface area contributed by atoms with E-state index in [2.05, 4.69) is 15.3 Å². The van der Waals surface area contributed by atoms with Crippen LogP contribution in [0, 0.1) is 0 Å². The third-order valence-corrected chi connectivity index (χ3v) is 5.24. The van der Waals surface area contributed by atoms with E-state index >= 15 is 0 Å². The van der Waals surface area contributed by atoms with Gasteiger partial charge in [0.25, 0.3) is 0 Å². The fourth-order valence-corrected chi connectivity index (χ4v) is 4.07. The number of methoxy groups -OCH3 is 2. The predicted octanol–water partition coefficient (Wildman–Crippen LogP) is 0.600. The molecule has 32 heavy (non-hydrogen) atoms. The number of carbonyl (C=O) groups is 2. The van der Waals surface area contributed by atoms with Crippen LogP contribution in [0.25, 0.3) is 11.0 Å². The van der Waals surface area contributed by atoms with Crippen molar-refractivity contribution < 1.29 is 33.3 Å². The number of hydrogen-bond donors (Lipinski definition) is 1. The van der Waals surface area contributed by atoms with Crippen LogP contribution in [0.5, 0.6) is 0 Å². The summed E-state index contributed by atoms with van der Waals surface area (Å²) in [5, 5.41) is 2.45. The van der Waals surface area contributed by atoms with E-state index in [1.54, 1.807) is 21.0 Å². The number of esters is 1. The zero-order valence-electron chi connectivity index (χ0n) is 18.3. The molecule has 2 aromatic rings.